The molecule has 1 amide bonds. The van der Waals surface area contributed by atoms with Gasteiger partial charge >= 0.3 is 0 Å². The first-order chi connectivity index (χ1) is 9.16. The van der Waals surface area contributed by atoms with Crippen LogP contribution < -0.4 is 5.32 Å². The topological polar surface area (TPSA) is 54.9 Å². The summed E-state index contributed by atoms with van der Waals surface area (Å²) in [5.41, 5.74) is 2.29. The fourth-order valence-electron chi connectivity index (χ4n) is 1.64. The number of rotatable bonds is 4. The summed E-state index contributed by atoms with van der Waals surface area (Å²) in [4.78, 5) is 11.9. The standard InChI is InChI=1S/C15H17N3O/c1-11(2)13-8-9-14(18-17-13)15(19)16-10-12-6-4-3-5-7-12/h3-9,11H,10H2,1-2H3,(H,16,19). The highest BCUT2D eigenvalue weighted by Gasteiger charge is 2.08. The molecule has 1 N–H and O–H groups in total. The molecule has 0 unspecified atom stereocenters. The van der Waals surface area contributed by atoms with Crippen molar-refractivity contribution in [1.82, 2.24) is 15.5 Å². The van der Waals surface area contributed by atoms with Gasteiger partial charge in [-0.25, -0.2) is 0 Å². The van der Waals surface area contributed by atoms with Gasteiger partial charge in [-0.1, -0.05) is 44.2 Å². The lowest BCUT2D eigenvalue weighted by molar-refractivity contribution is 0.0944. The fourth-order valence-corrected chi connectivity index (χ4v) is 1.64. The number of carbonyl (C=O) groups excluding carboxylic acids is 1. The van der Waals surface area contributed by atoms with Crippen molar-refractivity contribution in [2.24, 2.45) is 0 Å². The summed E-state index contributed by atoms with van der Waals surface area (Å²) in [5.74, 6) is 0.112. The lowest BCUT2D eigenvalue weighted by Crippen LogP contribution is -2.24. The Morgan fingerprint density at radius 3 is 2.42 bits per heavy atom. The molecule has 4 nitrogen and oxygen atoms in total. The first-order valence-corrected chi connectivity index (χ1v) is 6.32. The van der Waals surface area contributed by atoms with Crippen LogP contribution in [0.1, 0.15) is 41.5 Å². The van der Waals surface area contributed by atoms with Gasteiger partial charge in [0, 0.05) is 6.54 Å². The molecule has 1 aromatic heterocycles. The fraction of sp³-hybridized carbons (Fsp3) is 0.267. The molecular formula is C15H17N3O. The molecule has 0 bridgehead atoms. The van der Waals surface area contributed by atoms with Crippen molar-refractivity contribution in [2.45, 2.75) is 26.3 Å². The normalized spacial score (nSPS) is 10.5. The zero-order valence-corrected chi connectivity index (χ0v) is 11.1. The van der Waals surface area contributed by atoms with E-state index in [4.69, 9.17) is 0 Å². The maximum atomic E-state index is 11.9. The van der Waals surface area contributed by atoms with Crippen molar-refractivity contribution in [2.75, 3.05) is 0 Å². The van der Waals surface area contributed by atoms with Crippen LogP contribution in [0.25, 0.3) is 0 Å². The average molecular weight is 255 g/mol. The quantitative estimate of drug-likeness (QED) is 0.913. The third-order valence-corrected chi connectivity index (χ3v) is 2.81. The van der Waals surface area contributed by atoms with Crippen LogP contribution >= 0.6 is 0 Å². The van der Waals surface area contributed by atoms with Crippen LogP contribution in [0.15, 0.2) is 42.5 Å². The van der Waals surface area contributed by atoms with E-state index >= 15 is 0 Å². The minimum absolute atomic E-state index is 0.202. The summed E-state index contributed by atoms with van der Waals surface area (Å²) in [6, 6.07) is 13.3. The van der Waals surface area contributed by atoms with Gasteiger partial charge in [-0.05, 0) is 23.6 Å². The van der Waals surface area contributed by atoms with E-state index in [9.17, 15) is 4.79 Å². The molecule has 4 heteroatoms. The van der Waals surface area contributed by atoms with Crippen molar-refractivity contribution in [3.63, 3.8) is 0 Å². The Morgan fingerprint density at radius 2 is 1.84 bits per heavy atom. The van der Waals surface area contributed by atoms with Crippen molar-refractivity contribution in [3.8, 4) is 0 Å². The highest BCUT2D eigenvalue weighted by molar-refractivity contribution is 5.91. The molecule has 0 fully saturated rings. The van der Waals surface area contributed by atoms with Crippen molar-refractivity contribution >= 4 is 5.91 Å². The number of nitrogens with one attached hydrogen (secondary N) is 1. The van der Waals surface area contributed by atoms with E-state index in [0.717, 1.165) is 11.3 Å². The zero-order chi connectivity index (χ0) is 13.7. The summed E-state index contributed by atoms with van der Waals surface area (Å²) in [6.07, 6.45) is 0. The summed E-state index contributed by atoms with van der Waals surface area (Å²) in [6.45, 7) is 4.58. The van der Waals surface area contributed by atoms with Crippen molar-refractivity contribution in [3.05, 3.63) is 59.4 Å². The molecule has 0 aliphatic heterocycles. The number of hydrogen-bond donors (Lipinski definition) is 1. The van der Waals surface area contributed by atoms with Crippen LogP contribution in [-0.4, -0.2) is 16.1 Å². The van der Waals surface area contributed by atoms with Gasteiger partial charge in [-0.15, -0.1) is 5.10 Å². The second-order valence-corrected chi connectivity index (χ2v) is 4.67. The summed E-state index contributed by atoms with van der Waals surface area (Å²) in [7, 11) is 0. The number of nitrogens with zero attached hydrogens (tertiary/aromatic N) is 2. The molecule has 0 radical (unpaired) electrons. The van der Waals surface area contributed by atoms with Gasteiger partial charge < -0.3 is 5.32 Å². The molecule has 19 heavy (non-hydrogen) atoms. The molecule has 0 aliphatic carbocycles. The Kier molecular flexibility index (Phi) is 4.23. The Morgan fingerprint density at radius 1 is 1.11 bits per heavy atom. The number of amides is 1. The monoisotopic (exact) mass is 255 g/mol. The van der Waals surface area contributed by atoms with Crippen LogP contribution in [0.5, 0.6) is 0 Å². The molecular weight excluding hydrogens is 238 g/mol. The van der Waals surface area contributed by atoms with Gasteiger partial charge in [0.2, 0.25) is 0 Å². The Labute approximate surface area is 112 Å². The molecule has 0 atom stereocenters. The second kappa shape index (κ2) is 6.09. The van der Waals surface area contributed by atoms with Crippen LogP contribution in [0.2, 0.25) is 0 Å². The van der Waals surface area contributed by atoms with Crippen molar-refractivity contribution in [1.29, 1.82) is 0 Å². The van der Waals surface area contributed by atoms with E-state index in [1.807, 2.05) is 50.2 Å². The van der Waals surface area contributed by atoms with Gasteiger partial charge in [-0.3, -0.25) is 4.79 Å². The SMILES string of the molecule is CC(C)c1ccc(C(=O)NCc2ccccc2)nn1. The Hall–Kier alpha value is -2.23. The Bertz CT molecular complexity index is 535. The molecule has 0 saturated carbocycles. The van der Waals surface area contributed by atoms with Crippen LogP contribution in [0.3, 0.4) is 0 Å². The predicted molar refractivity (Wildman–Crippen MR) is 73.7 cm³/mol. The molecule has 0 aliphatic rings. The molecule has 0 saturated heterocycles. The van der Waals surface area contributed by atoms with Crippen LogP contribution in [0, 0.1) is 0 Å². The highest BCUT2D eigenvalue weighted by atomic mass is 16.1. The van der Waals surface area contributed by atoms with Gasteiger partial charge in [0.25, 0.3) is 5.91 Å². The molecule has 2 rings (SSSR count). The zero-order valence-electron chi connectivity index (χ0n) is 11.1. The number of benzene rings is 1. The molecule has 98 valence electrons. The number of hydrogen-bond acceptors (Lipinski definition) is 3. The van der Waals surface area contributed by atoms with Crippen LogP contribution in [0.4, 0.5) is 0 Å². The lowest BCUT2D eigenvalue weighted by atomic mass is 10.1. The maximum absolute atomic E-state index is 11.9. The van der Waals surface area contributed by atoms with E-state index in [1.165, 1.54) is 0 Å². The minimum Gasteiger partial charge on any atom is -0.347 e. The maximum Gasteiger partial charge on any atom is 0.272 e. The first kappa shape index (κ1) is 13.2. The van der Waals surface area contributed by atoms with E-state index in [1.54, 1.807) is 6.07 Å². The summed E-state index contributed by atoms with van der Waals surface area (Å²) in [5, 5.41) is 10.8. The van der Waals surface area contributed by atoms with Crippen LogP contribution in [-0.2, 0) is 6.54 Å². The Balaban J connectivity index is 1.96. The number of aromatic nitrogens is 2. The molecule has 0 spiro atoms. The smallest absolute Gasteiger partial charge is 0.272 e. The van der Waals surface area contributed by atoms with E-state index in [-0.39, 0.29) is 5.91 Å². The second-order valence-electron chi connectivity index (χ2n) is 4.67. The first-order valence-electron chi connectivity index (χ1n) is 6.32. The summed E-state index contributed by atoms with van der Waals surface area (Å²) < 4.78 is 0. The molecule has 2 aromatic rings. The number of carbonyl (C=O) groups is 1. The third kappa shape index (κ3) is 3.61. The summed E-state index contributed by atoms with van der Waals surface area (Å²) >= 11 is 0. The van der Waals surface area contributed by atoms with Gasteiger partial charge in [0.05, 0.1) is 5.69 Å². The van der Waals surface area contributed by atoms with Gasteiger partial charge in [-0.2, -0.15) is 5.10 Å². The average Bonchev–Trinajstić information content (AvgIpc) is 2.46. The largest absolute Gasteiger partial charge is 0.347 e. The predicted octanol–water partition coefficient (Wildman–Crippen LogP) is 2.53. The minimum atomic E-state index is -0.202. The lowest BCUT2D eigenvalue weighted by Gasteiger charge is -2.06. The van der Waals surface area contributed by atoms with Gasteiger partial charge in [0.1, 0.15) is 0 Å². The van der Waals surface area contributed by atoms with E-state index < -0.39 is 0 Å². The van der Waals surface area contributed by atoms with Crippen molar-refractivity contribution < 1.29 is 4.79 Å². The van der Waals surface area contributed by atoms with E-state index in [2.05, 4.69) is 15.5 Å². The third-order valence-electron chi connectivity index (χ3n) is 2.81. The molecule has 1 aromatic carbocycles. The van der Waals surface area contributed by atoms with E-state index in [0.29, 0.717) is 18.2 Å². The van der Waals surface area contributed by atoms with Gasteiger partial charge in [0.15, 0.2) is 5.69 Å². The highest BCUT2D eigenvalue weighted by Crippen LogP contribution is 2.09. The molecule has 1 heterocycles.